The molecule has 3 heteroatoms. The van der Waals surface area contributed by atoms with Crippen molar-refractivity contribution in [3.8, 4) is 33.8 Å². The lowest BCUT2D eigenvalue weighted by Gasteiger charge is -2.12. The van der Waals surface area contributed by atoms with E-state index in [1.807, 2.05) is 23.5 Å². The molecule has 0 radical (unpaired) electrons. The first kappa shape index (κ1) is 23.1. The van der Waals surface area contributed by atoms with E-state index in [2.05, 4.69) is 122 Å². The molecular weight excluding hydrogens is 504 g/mol. The molecule has 2 aromatic heterocycles. The van der Waals surface area contributed by atoms with Gasteiger partial charge in [-0.2, -0.15) is 0 Å². The first-order valence-corrected chi connectivity index (χ1v) is 14.3. The molecule has 0 unspecified atom stereocenters. The van der Waals surface area contributed by atoms with Crippen LogP contribution in [0.3, 0.4) is 0 Å². The third-order valence-electron chi connectivity index (χ3n) is 7.82. The summed E-state index contributed by atoms with van der Waals surface area (Å²) in [5, 5.41) is 6.34. The Morgan fingerprint density at radius 3 is 2.17 bits per heavy atom. The Labute approximate surface area is 236 Å². The summed E-state index contributed by atoms with van der Waals surface area (Å²) in [5.41, 5.74) is 7.60. The lowest BCUT2D eigenvalue weighted by Crippen LogP contribution is -1.97. The van der Waals surface area contributed by atoms with Gasteiger partial charge in [0.25, 0.3) is 0 Å². The minimum atomic E-state index is 0.756. The van der Waals surface area contributed by atoms with Crippen LogP contribution >= 0.6 is 11.3 Å². The van der Waals surface area contributed by atoms with Gasteiger partial charge in [-0.25, -0.2) is 9.97 Å². The smallest absolute Gasteiger partial charge is 0.160 e. The number of hydrogen-bond donors (Lipinski definition) is 0. The number of benzene rings is 6. The summed E-state index contributed by atoms with van der Waals surface area (Å²) in [5.74, 6) is 0.756. The topological polar surface area (TPSA) is 25.8 Å². The molecule has 0 spiro atoms. The van der Waals surface area contributed by atoms with Crippen LogP contribution in [-0.2, 0) is 0 Å². The van der Waals surface area contributed by atoms with E-state index < -0.39 is 0 Å². The molecule has 0 saturated carbocycles. The molecule has 0 atom stereocenters. The van der Waals surface area contributed by atoms with Crippen LogP contribution in [0.25, 0.3) is 75.6 Å². The molecule has 0 aliphatic heterocycles. The second-order valence-corrected chi connectivity index (χ2v) is 11.4. The van der Waals surface area contributed by atoms with E-state index in [1.165, 1.54) is 42.1 Å². The van der Waals surface area contributed by atoms with Crippen LogP contribution in [0.2, 0.25) is 0 Å². The summed E-state index contributed by atoms with van der Waals surface area (Å²) < 4.78 is 2.63. The second kappa shape index (κ2) is 9.11. The maximum Gasteiger partial charge on any atom is 0.160 e. The minimum Gasteiger partial charge on any atom is -0.228 e. The van der Waals surface area contributed by atoms with Crippen molar-refractivity contribution in [1.29, 1.82) is 0 Å². The van der Waals surface area contributed by atoms with Gasteiger partial charge in [0, 0.05) is 36.7 Å². The molecule has 8 aromatic rings. The zero-order valence-electron chi connectivity index (χ0n) is 21.9. The van der Waals surface area contributed by atoms with E-state index in [9.17, 15) is 0 Å². The summed E-state index contributed by atoms with van der Waals surface area (Å²) in [4.78, 5) is 10.2. The normalized spacial score (nSPS) is 11.6. The monoisotopic (exact) mass is 528 g/mol. The fraction of sp³-hybridized carbons (Fsp3) is 0.0270. The average Bonchev–Trinajstić information content (AvgIpc) is 3.40. The average molecular weight is 529 g/mol. The van der Waals surface area contributed by atoms with Crippen molar-refractivity contribution in [3.05, 3.63) is 133 Å². The number of thiophene rings is 1. The van der Waals surface area contributed by atoms with Crippen LogP contribution in [0.15, 0.2) is 127 Å². The molecule has 0 bridgehead atoms. The third-order valence-corrected chi connectivity index (χ3v) is 8.94. The molecule has 0 aliphatic rings. The third kappa shape index (κ3) is 3.70. The second-order valence-electron chi connectivity index (χ2n) is 10.3. The highest BCUT2D eigenvalue weighted by Crippen LogP contribution is 2.40. The van der Waals surface area contributed by atoms with Gasteiger partial charge >= 0.3 is 0 Å². The van der Waals surface area contributed by atoms with Crippen molar-refractivity contribution in [2.75, 3.05) is 0 Å². The quantitative estimate of drug-likeness (QED) is 0.228. The molecular formula is C37H24N2S. The zero-order valence-corrected chi connectivity index (χ0v) is 22.7. The summed E-state index contributed by atoms with van der Waals surface area (Å²) in [6.45, 7) is 2.14. The molecule has 2 heterocycles. The van der Waals surface area contributed by atoms with Gasteiger partial charge in [-0.15, -0.1) is 11.3 Å². The molecule has 40 heavy (non-hydrogen) atoms. The van der Waals surface area contributed by atoms with Crippen LogP contribution in [0.4, 0.5) is 0 Å². The first-order valence-electron chi connectivity index (χ1n) is 13.5. The Morgan fingerprint density at radius 1 is 0.525 bits per heavy atom. The molecule has 0 aliphatic carbocycles. The Bertz CT molecular complexity index is 2230. The van der Waals surface area contributed by atoms with Crippen LogP contribution in [0.1, 0.15) is 5.56 Å². The van der Waals surface area contributed by atoms with Crippen LogP contribution < -0.4 is 0 Å². The number of nitrogens with zero attached hydrogens (tertiary/aromatic N) is 2. The summed E-state index contributed by atoms with van der Waals surface area (Å²) in [6.07, 6.45) is 0. The van der Waals surface area contributed by atoms with Gasteiger partial charge in [-0.1, -0.05) is 103 Å². The fourth-order valence-electron chi connectivity index (χ4n) is 5.78. The van der Waals surface area contributed by atoms with Crippen molar-refractivity contribution in [1.82, 2.24) is 9.97 Å². The van der Waals surface area contributed by atoms with Gasteiger partial charge in [0.15, 0.2) is 5.82 Å². The van der Waals surface area contributed by atoms with E-state index in [0.717, 1.165) is 39.1 Å². The molecule has 2 nitrogen and oxygen atoms in total. The van der Waals surface area contributed by atoms with E-state index in [-0.39, 0.29) is 0 Å². The highest BCUT2D eigenvalue weighted by molar-refractivity contribution is 7.26. The standard InChI is InChI=1S/C37H24N2S/c1-23-15-16-26(27-17-19-30-34(22-27)40-33-20-18-24-9-5-6-12-28(24)35(30)33)21-31(23)37-38-32-14-8-7-13-29(32)36(39-37)25-10-3-2-4-11-25/h2-22H,1H3. The maximum atomic E-state index is 5.14. The van der Waals surface area contributed by atoms with Crippen molar-refractivity contribution in [2.24, 2.45) is 0 Å². The fourth-order valence-corrected chi connectivity index (χ4v) is 6.94. The SMILES string of the molecule is Cc1ccc(-c2ccc3c(c2)sc2ccc4ccccc4c23)cc1-c1nc(-c2ccccc2)c2ccccc2n1. The highest BCUT2D eigenvalue weighted by Gasteiger charge is 2.15. The lowest BCUT2D eigenvalue weighted by molar-refractivity contribution is 1.22. The molecule has 6 aromatic carbocycles. The summed E-state index contributed by atoms with van der Waals surface area (Å²) >= 11 is 1.87. The molecule has 0 fully saturated rings. The van der Waals surface area contributed by atoms with Crippen molar-refractivity contribution < 1.29 is 0 Å². The van der Waals surface area contributed by atoms with Crippen molar-refractivity contribution in [3.63, 3.8) is 0 Å². The van der Waals surface area contributed by atoms with Gasteiger partial charge < -0.3 is 0 Å². The van der Waals surface area contributed by atoms with Gasteiger partial charge in [-0.3, -0.25) is 0 Å². The molecule has 0 N–H and O–H groups in total. The molecule has 0 saturated heterocycles. The number of hydrogen-bond acceptors (Lipinski definition) is 3. The Balaban J connectivity index is 1.29. The van der Waals surface area contributed by atoms with E-state index >= 15 is 0 Å². The largest absolute Gasteiger partial charge is 0.228 e. The van der Waals surface area contributed by atoms with Gasteiger partial charge in [0.05, 0.1) is 11.2 Å². The summed E-state index contributed by atoms with van der Waals surface area (Å²) in [7, 11) is 0. The van der Waals surface area contributed by atoms with Crippen LogP contribution in [-0.4, -0.2) is 9.97 Å². The van der Waals surface area contributed by atoms with Crippen LogP contribution in [0, 0.1) is 6.92 Å². The van der Waals surface area contributed by atoms with E-state index in [0.29, 0.717) is 0 Å². The maximum absolute atomic E-state index is 5.14. The van der Waals surface area contributed by atoms with Gasteiger partial charge in [0.1, 0.15) is 0 Å². The molecule has 188 valence electrons. The van der Waals surface area contributed by atoms with Gasteiger partial charge in [-0.05, 0) is 58.7 Å². The van der Waals surface area contributed by atoms with Crippen molar-refractivity contribution in [2.45, 2.75) is 6.92 Å². The zero-order chi connectivity index (χ0) is 26.6. The van der Waals surface area contributed by atoms with Crippen molar-refractivity contribution >= 4 is 53.2 Å². The minimum absolute atomic E-state index is 0.756. The molecule has 0 amide bonds. The number of aryl methyl sites for hydroxylation is 1. The number of fused-ring (bicyclic) bond motifs is 6. The number of aromatic nitrogens is 2. The predicted molar refractivity (Wildman–Crippen MR) is 171 cm³/mol. The molecule has 8 rings (SSSR count). The Hall–Kier alpha value is -4.86. The first-order chi connectivity index (χ1) is 19.7. The highest BCUT2D eigenvalue weighted by atomic mass is 32.1. The number of para-hydroxylation sites is 1. The number of rotatable bonds is 3. The van der Waals surface area contributed by atoms with E-state index in [4.69, 9.17) is 9.97 Å². The van der Waals surface area contributed by atoms with Gasteiger partial charge in [0.2, 0.25) is 0 Å². The Kier molecular flexibility index (Phi) is 5.26. The lowest BCUT2D eigenvalue weighted by atomic mass is 9.97. The predicted octanol–water partition coefficient (Wildman–Crippen LogP) is 10.5. The Morgan fingerprint density at radius 2 is 1.27 bits per heavy atom. The van der Waals surface area contributed by atoms with Crippen LogP contribution in [0.5, 0.6) is 0 Å². The van der Waals surface area contributed by atoms with E-state index in [1.54, 1.807) is 0 Å². The summed E-state index contributed by atoms with van der Waals surface area (Å²) in [6, 6.07) is 45.3.